The predicted molar refractivity (Wildman–Crippen MR) is 75.1 cm³/mol. The summed E-state index contributed by atoms with van der Waals surface area (Å²) in [6, 6.07) is 4.41. The maximum absolute atomic E-state index is 12.1. The molecule has 2 rings (SSSR count). The van der Waals surface area contributed by atoms with Gasteiger partial charge in [-0.3, -0.25) is 4.79 Å². The Morgan fingerprint density at radius 2 is 2.37 bits per heavy atom. The molecule has 3 atom stereocenters. The smallest absolute Gasteiger partial charge is 0.255 e. The van der Waals surface area contributed by atoms with Crippen LogP contribution >= 0.6 is 15.9 Å². The third kappa shape index (κ3) is 3.08. The van der Waals surface area contributed by atoms with Crippen molar-refractivity contribution in [2.75, 3.05) is 6.61 Å². The monoisotopic (exact) mass is 328 g/mol. The van der Waals surface area contributed by atoms with Crippen LogP contribution in [0.4, 0.5) is 0 Å². The second-order valence-corrected chi connectivity index (χ2v) is 5.47. The van der Waals surface area contributed by atoms with Gasteiger partial charge in [-0.15, -0.1) is 0 Å². The highest BCUT2D eigenvalue weighted by molar-refractivity contribution is 9.10. The van der Waals surface area contributed by atoms with E-state index in [2.05, 4.69) is 21.2 Å². The Balaban J connectivity index is 2.06. The standard InChI is InChI=1S/C13H17BrN2O3/c1-2-19-11-6-9(15)12(11)16-13(18)8-5-7(14)3-4-10(8)17/h3-5,9,11-12,17H,2,6,15H2,1H3,(H,16,18). The predicted octanol–water partition coefficient (Wildman–Crippen LogP) is 1.39. The van der Waals surface area contributed by atoms with Crippen molar-refractivity contribution >= 4 is 21.8 Å². The number of halogens is 1. The van der Waals surface area contributed by atoms with Gasteiger partial charge in [-0.1, -0.05) is 15.9 Å². The Morgan fingerprint density at radius 3 is 3.00 bits per heavy atom. The number of phenolic OH excluding ortho intramolecular Hbond substituents is 1. The van der Waals surface area contributed by atoms with Gasteiger partial charge < -0.3 is 20.9 Å². The van der Waals surface area contributed by atoms with Gasteiger partial charge in [-0.25, -0.2) is 0 Å². The highest BCUT2D eigenvalue weighted by atomic mass is 79.9. The lowest BCUT2D eigenvalue weighted by Gasteiger charge is -2.42. The summed E-state index contributed by atoms with van der Waals surface area (Å²) in [5.41, 5.74) is 6.10. The van der Waals surface area contributed by atoms with Crippen LogP contribution in [0.3, 0.4) is 0 Å². The Kier molecular flexibility index (Phi) is 4.44. The molecule has 19 heavy (non-hydrogen) atoms. The number of phenols is 1. The highest BCUT2D eigenvalue weighted by Crippen LogP contribution is 2.25. The van der Waals surface area contributed by atoms with Gasteiger partial charge in [0, 0.05) is 17.1 Å². The van der Waals surface area contributed by atoms with Crippen LogP contribution in [0.1, 0.15) is 23.7 Å². The molecule has 1 aromatic rings. The van der Waals surface area contributed by atoms with Crippen molar-refractivity contribution in [1.82, 2.24) is 5.32 Å². The van der Waals surface area contributed by atoms with Crippen LogP contribution < -0.4 is 11.1 Å². The molecule has 0 aliphatic heterocycles. The summed E-state index contributed by atoms with van der Waals surface area (Å²) >= 11 is 3.27. The fourth-order valence-corrected chi connectivity index (χ4v) is 2.51. The van der Waals surface area contributed by atoms with Crippen LogP contribution in [0, 0.1) is 0 Å². The third-order valence-corrected chi connectivity index (χ3v) is 3.74. The number of carbonyl (C=O) groups is 1. The Morgan fingerprint density at radius 1 is 1.63 bits per heavy atom. The van der Waals surface area contributed by atoms with Crippen LogP contribution in [0.2, 0.25) is 0 Å². The lowest BCUT2D eigenvalue weighted by atomic mass is 9.83. The normalized spacial score (nSPS) is 25.7. The van der Waals surface area contributed by atoms with Crippen molar-refractivity contribution in [1.29, 1.82) is 0 Å². The van der Waals surface area contributed by atoms with Gasteiger partial charge in [0.2, 0.25) is 0 Å². The minimum Gasteiger partial charge on any atom is -0.507 e. The first-order valence-corrected chi connectivity index (χ1v) is 6.98. The molecule has 1 aromatic carbocycles. The summed E-state index contributed by atoms with van der Waals surface area (Å²) < 4.78 is 6.22. The summed E-state index contributed by atoms with van der Waals surface area (Å²) in [5.74, 6) is -0.398. The zero-order valence-corrected chi connectivity index (χ0v) is 12.2. The summed E-state index contributed by atoms with van der Waals surface area (Å²) in [4.78, 5) is 12.1. The van der Waals surface area contributed by atoms with Crippen LogP contribution in [-0.4, -0.2) is 35.8 Å². The third-order valence-electron chi connectivity index (χ3n) is 3.25. The molecular formula is C13H17BrN2O3. The molecule has 5 nitrogen and oxygen atoms in total. The minimum atomic E-state index is -0.344. The quantitative estimate of drug-likeness (QED) is 0.779. The fraction of sp³-hybridized carbons (Fsp3) is 0.462. The highest BCUT2D eigenvalue weighted by Gasteiger charge is 2.40. The summed E-state index contributed by atoms with van der Waals surface area (Å²) in [7, 11) is 0. The summed E-state index contributed by atoms with van der Waals surface area (Å²) in [5, 5.41) is 12.5. The zero-order chi connectivity index (χ0) is 14.0. The first-order chi connectivity index (χ1) is 9.02. The van der Waals surface area contributed by atoms with Gasteiger partial charge in [-0.05, 0) is 31.5 Å². The number of hydrogen-bond acceptors (Lipinski definition) is 4. The summed E-state index contributed by atoms with van der Waals surface area (Å²) in [6.45, 7) is 2.49. The van der Waals surface area contributed by atoms with E-state index in [-0.39, 0.29) is 35.4 Å². The van der Waals surface area contributed by atoms with E-state index in [0.717, 1.165) is 10.9 Å². The van der Waals surface area contributed by atoms with Crippen LogP contribution in [0.5, 0.6) is 5.75 Å². The van der Waals surface area contributed by atoms with E-state index in [9.17, 15) is 9.90 Å². The van der Waals surface area contributed by atoms with E-state index in [1.165, 1.54) is 6.07 Å². The second kappa shape index (κ2) is 5.90. The van der Waals surface area contributed by atoms with E-state index < -0.39 is 0 Å². The molecule has 0 aromatic heterocycles. The maximum Gasteiger partial charge on any atom is 0.255 e. The van der Waals surface area contributed by atoms with Crippen molar-refractivity contribution in [3.8, 4) is 5.75 Å². The largest absolute Gasteiger partial charge is 0.507 e. The van der Waals surface area contributed by atoms with E-state index in [1.807, 2.05) is 6.92 Å². The molecule has 0 heterocycles. The number of rotatable bonds is 4. The number of carbonyl (C=O) groups excluding carboxylic acids is 1. The van der Waals surface area contributed by atoms with Gasteiger partial charge in [0.25, 0.3) is 5.91 Å². The molecule has 104 valence electrons. The molecular weight excluding hydrogens is 312 g/mol. The number of benzene rings is 1. The average Bonchev–Trinajstić information content (AvgIpc) is 2.38. The van der Waals surface area contributed by atoms with E-state index in [0.29, 0.717) is 6.61 Å². The molecule has 1 aliphatic carbocycles. The number of hydrogen-bond donors (Lipinski definition) is 3. The zero-order valence-electron chi connectivity index (χ0n) is 10.6. The van der Waals surface area contributed by atoms with Gasteiger partial charge in [-0.2, -0.15) is 0 Å². The Bertz CT molecular complexity index is 479. The van der Waals surface area contributed by atoms with Gasteiger partial charge in [0.1, 0.15) is 5.75 Å². The number of amides is 1. The molecule has 6 heteroatoms. The van der Waals surface area contributed by atoms with E-state index >= 15 is 0 Å². The first-order valence-electron chi connectivity index (χ1n) is 6.19. The second-order valence-electron chi connectivity index (χ2n) is 4.55. The van der Waals surface area contributed by atoms with Gasteiger partial charge >= 0.3 is 0 Å². The number of aromatic hydroxyl groups is 1. The lowest BCUT2D eigenvalue weighted by molar-refractivity contribution is -0.0300. The lowest BCUT2D eigenvalue weighted by Crippen LogP contribution is -2.64. The molecule has 4 N–H and O–H groups in total. The molecule has 0 saturated heterocycles. The number of nitrogens with two attached hydrogens (primary N) is 1. The fourth-order valence-electron chi connectivity index (χ4n) is 2.15. The van der Waals surface area contributed by atoms with Crippen molar-refractivity contribution in [3.05, 3.63) is 28.2 Å². The average molecular weight is 329 g/mol. The molecule has 1 amide bonds. The minimum absolute atomic E-state index is 0.0433. The molecule has 3 unspecified atom stereocenters. The van der Waals surface area contributed by atoms with E-state index in [1.54, 1.807) is 12.1 Å². The van der Waals surface area contributed by atoms with Gasteiger partial charge in [0.15, 0.2) is 0 Å². The Labute approximate surface area is 120 Å². The number of ether oxygens (including phenoxy) is 1. The maximum atomic E-state index is 12.1. The molecule has 1 fully saturated rings. The van der Waals surface area contributed by atoms with Crippen molar-refractivity contribution in [2.24, 2.45) is 5.73 Å². The van der Waals surface area contributed by atoms with Crippen LogP contribution in [0.15, 0.2) is 22.7 Å². The van der Waals surface area contributed by atoms with Gasteiger partial charge in [0.05, 0.1) is 17.7 Å². The molecule has 0 bridgehead atoms. The first kappa shape index (κ1) is 14.3. The van der Waals surface area contributed by atoms with Crippen molar-refractivity contribution < 1.29 is 14.6 Å². The topological polar surface area (TPSA) is 84.6 Å². The van der Waals surface area contributed by atoms with E-state index in [4.69, 9.17) is 10.5 Å². The van der Waals surface area contributed by atoms with Crippen molar-refractivity contribution in [3.63, 3.8) is 0 Å². The number of nitrogens with one attached hydrogen (secondary N) is 1. The SMILES string of the molecule is CCOC1CC(N)C1NC(=O)c1cc(Br)ccc1O. The molecule has 0 spiro atoms. The van der Waals surface area contributed by atoms with Crippen LogP contribution in [0.25, 0.3) is 0 Å². The molecule has 0 radical (unpaired) electrons. The summed E-state index contributed by atoms with van der Waals surface area (Å²) in [6.07, 6.45) is 0.696. The molecule has 1 saturated carbocycles. The molecule has 1 aliphatic rings. The van der Waals surface area contributed by atoms with Crippen molar-refractivity contribution in [2.45, 2.75) is 31.5 Å². The Hall–Kier alpha value is -1.11. The van der Waals surface area contributed by atoms with Crippen LogP contribution in [-0.2, 0) is 4.74 Å².